The number of nitrogens with two attached hydrogens (primary N) is 1. The maximum absolute atomic E-state index is 12.6. The molecule has 5 N–H and O–H groups in total. The number of benzene rings is 1. The molecule has 1 aromatic carbocycles. The van der Waals surface area contributed by atoms with Gasteiger partial charge in [0.1, 0.15) is 11.4 Å². The zero-order valence-corrected chi connectivity index (χ0v) is 24.5. The molecule has 3 aromatic rings. The van der Waals surface area contributed by atoms with Crippen LogP contribution in [-0.4, -0.2) is 115 Å². The SMILES string of the molecule is [2H]C([2H])([2H])N1CCN(C2CCN(c3ccc(Nc4nc(NC5CCOCC5)c(-c5ccn[nH]5)nc4C(N)=O)cc3OC)CC2)CC1. The minimum absolute atomic E-state index is 0.00643. The van der Waals surface area contributed by atoms with Gasteiger partial charge in [-0.05, 0) is 50.9 Å². The summed E-state index contributed by atoms with van der Waals surface area (Å²) in [4.78, 5) is 28.4. The van der Waals surface area contributed by atoms with E-state index in [1.54, 1.807) is 24.3 Å². The van der Waals surface area contributed by atoms with Gasteiger partial charge in [-0.2, -0.15) is 5.10 Å². The molecular weight excluding hydrogens is 548 g/mol. The first-order valence-electron chi connectivity index (χ1n) is 16.4. The summed E-state index contributed by atoms with van der Waals surface area (Å²) >= 11 is 0. The van der Waals surface area contributed by atoms with Crippen LogP contribution in [-0.2, 0) is 4.74 Å². The molecule has 3 aliphatic heterocycles. The van der Waals surface area contributed by atoms with Gasteiger partial charge < -0.3 is 35.6 Å². The number of piperidine rings is 1. The fraction of sp³-hybridized carbons (Fsp3) is 0.533. The predicted octanol–water partition coefficient (Wildman–Crippen LogP) is 2.52. The van der Waals surface area contributed by atoms with E-state index in [0.29, 0.717) is 61.0 Å². The molecule has 0 atom stereocenters. The highest BCUT2D eigenvalue weighted by Crippen LogP contribution is 2.36. The molecule has 230 valence electrons. The zero-order chi connectivity index (χ0) is 32.3. The number of carbonyl (C=O) groups excluding carboxylic acids is 1. The van der Waals surface area contributed by atoms with Gasteiger partial charge in [0.15, 0.2) is 17.3 Å². The van der Waals surface area contributed by atoms with Crippen LogP contribution in [0.2, 0.25) is 0 Å². The van der Waals surface area contributed by atoms with Gasteiger partial charge in [-0.1, -0.05) is 0 Å². The highest BCUT2D eigenvalue weighted by molar-refractivity contribution is 5.97. The van der Waals surface area contributed by atoms with Crippen LogP contribution < -0.4 is 26.0 Å². The number of anilines is 4. The minimum atomic E-state index is -2.02. The van der Waals surface area contributed by atoms with Crippen molar-refractivity contribution in [2.45, 2.75) is 37.8 Å². The number of amides is 1. The largest absolute Gasteiger partial charge is 0.495 e. The van der Waals surface area contributed by atoms with Crippen LogP contribution in [0.25, 0.3) is 11.4 Å². The van der Waals surface area contributed by atoms with E-state index in [9.17, 15) is 4.79 Å². The lowest BCUT2D eigenvalue weighted by molar-refractivity contribution is 0.0904. The average Bonchev–Trinajstić information content (AvgIpc) is 3.60. The van der Waals surface area contributed by atoms with Gasteiger partial charge in [-0.3, -0.25) is 14.8 Å². The van der Waals surface area contributed by atoms with Gasteiger partial charge >= 0.3 is 0 Å². The van der Waals surface area contributed by atoms with Crippen molar-refractivity contribution in [2.75, 3.05) is 82.1 Å². The van der Waals surface area contributed by atoms with Gasteiger partial charge in [-0.15, -0.1) is 0 Å². The molecule has 43 heavy (non-hydrogen) atoms. The first kappa shape index (κ1) is 25.5. The van der Waals surface area contributed by atoms with Gasteiger partial charge in [0.2, 0.25) is 0 Å². The number of rotatable bonds is 9. The van der Waals surface area contributed by atoms with Crippen molar-refractivity contribution >= 4 is 28.9 Å². The summed E-state index contributed by atoms with van der Waals surface area (Å²) in [5.41, 5.74) is 8.52. The Morgan fingerprint density at radius 3 is 2.53 bits per heavy atom. The van der Waals surface area contributed by atoms with Crippen LogP contribution >= 0.6 is 0 Å². The van der Waals surface area contributed by atoms with E-state index < -0.39 is 12.9 Å². The maximum atomic E-state index is 12.6. The molecule has 0 aliphatic carbocycles. The monoisotopic (exact) mass is 593 g/mol. The summed E-state index contributed by atoms with van der Waals surface area (Å²) in [7, 11) is 1.64. The fourth-order valence-corrected chi connectivity index (χ4v) is 6.12. The molecule has 5 heterocycles. The van der Waals surface area contributed by atoms with Crippen molar-refractivity contribution in [3.8, 4) is 17.1 Å². The van der Waals surface area contributed by atoms with Crippen molar-refractivity contribution in [2.24, 2.45) is 5.73 Å². The summed E-state index contributed by atoms with van der Waals surface area (Å²) in [5.74, 6) is 0.729. The number of aromatic nitrogens is 4. The number of methoxy groups -OCH3 is 1. The van der Waals surface area contributed by atoms with E-state index in [2.05, 4.69) is 35.6 Å². The lowest BCUT2D eigenvalue weighted by Gasteiger charge is -2.42. The lowest BCUT2D eigenvalue weighted by Crippen LogP contribution is -2.52. The zero-order valence-electron chi connectivity index (χ0n) is 27.5. The standard InChI is InChI=1S/C30H42N10O3/c1-38-13-15-39(16-14-38)22-6-11-40(12-7-22)24-4-3-21(19-25(24)42-2)34-30-27(28(31)41)35-26(23-5-10-32-37-23)29(36-30)33-20-8-17-43-18-9-20/h3-5,10,19-20,22H,6-9,11-18H2,1-2H3,(H2,31,41)(H,32,37)(H2,33,34,36)/i1D3. The van der Waals surface area contributed by atoms with Crippen LogP contribution in [0, 0.1) is 0 Å². The molecule has 6 rings (SSSR count). The van der Waals surface area contributed by atoms with Crippen LogP contribution in [0.15, 0.2) is 30.5 Å². The molecule has 2 aromatic heterocycles. The summed E-state index contributed by atoms with van der Waals surface area (Å²) in [6, 6.07) is 8.16. The Bertz CT molecular complexity index is 1480. The Kier molecular flexibility index (Phi) is 7.81. The third-order valence-corrected chi connectivity index (χ3v) is 8.53. The first-order chi connectivity index (χ1) is 22.2. The number of nitrogens with zero attached hydrogens (tertiary/aromatic N) is 6. The van der Waals surface area contributed by atoms with E-state index in [1.807, 2.05) is 18.2 Å². The van der Waals surface area contributed by atoms with Crippen molar-refractivity contribution in [1.29, 1.82) is 0 Å². The van der Waals surface area contributed by atoms with E-state index in [-0.39, 0.29) is 17.6 Å². The minimum Gasteiger partial charge on any atom is -0.495 e. The molecule has 1 amide bonds. The highest BCUT2D eigenvalue weighted by atomic mass is 16.5. The Balaban J connectivity index is 1.17. The fourth-order valence-electron chi connectivity index (χ4n) is 6.12. The number of carbonyl (C=O) groups is 1. The summed E-state index contributed by atoms with van der Waals surface area (Å²) in [6.45, 7) is 3.71. The topological polar surface area (TPSA) is 150 Å². The van der Waals surface area contributed by atoms with E-state index in [4.69, 9.17) is 24.3 Å². The molecule has 13 nitrogen and oxygen atoms in total. The Labute approximate surface area is 256 Å². The van der Waals surface area contributed by atoms with Crippen molar-refractivity contribution in [3.63, 3.8) is 0 Å². The van der Waals surface area contributed by atoms with Crippen LogP contribution in [0.4, 0.5) is 23.0 Å². The maximum Gasteiger partial charge on any atom is 0.271 e. The second-order valence-corrected chi connectivity index (χ2v) is 11.2. The van der Waals surface area contributed by atoms with Gasteiger partial charge in [0.05, 0.1) is 18.5 Å². The number of nitrogens with one attached hydrogen (secondary N) is 3. The summed E-state index contributed by atoms with van der Waals surface area (Å²) in [5, 5.41) is 13.7. The molecule has 0 spiro atoms. The van der Waals surface area contributed by atoms with Crippen molar-refractivity contribution in [3.05, 3.63) is 36.2 Å². The van der Waals surface area contributed by atoms with Gasteiger partial charge in [-0.25, -0.2) is 9.97 Å². The van der Waals surface area contributed by atoms with E-state index in [1.165, 1.54) is 0 Å². The van der Waals surface area contributed by atoms with Crippen LogP contribution in [0.5, 0.6) is 5.75 Å². The second-order valence-electron chi connectivity index (χ2n) is 11.2. The third-order valence-electron chi connectivity index (χ3n) is 8.53. The molecule has 13 heteroatoms. The number of ether oxygens (including phenoxy) is 2. The number of hydrogen-bond acceptors (Lipinski definition) is 11. The summed E-state index contributed by atoms with van der Waals surface area (Å²) in [6.07, 6.45) is 5.23. The molecule has 3 aliphatic rings. The molecule has 3 fully saturated rings. The number of likely N-dealkylation sites (N-methyl/N-ethyl adjacent to an activating group) is 1. The molecule has 0 saturated carbocycles. The number of H-pyrrole nitrogens is 1. The molecule has 0 bridgehead atoms. The Hall–Kier alpha value is -3.94. The van der Waals surface area contributed by atoms with Crippen LogP contribution in [0.3, 0.4) is 0 Å². The molecular formula is C30H42N10O3. The second kappa shape index (κ2) is 13.1. The van der Waals surface area contributed by atoms with Gasteiger partial charge in [0, 0.05) is 86.6 Å². The third kappa shape index (κ3) is 6.68. The number of hydrogen-bond donors (Lipinski definition) is 4. The number of primary amides is 1. The highest BCUT2D eigenvalue weighted by Gasteiger charge is 2.28. The van der Waals surface area contributed by atoms with Crippen molar-refractivity contribution in [1.82, 2.24) is 30.0 Å². The summed E-state index contributed by atoms with van der Waals surface area (Å²) < 4.78 is 34.4. The van der Waals surface area contributed by atoms with Crippen molar-refractivity contribution < 1.29 is 18.4 Å². The number of aromatic amines is 1. The normalized spacial score (nSPS) is 20.7. The molecule has 0 unspecified atom stereocenters. The molecule has 0 radical (unpaired) electrons. The lowest BCUT2D eigenvalue weighted by atomic mass is 10.0. The van der Waals surface area contributed by atoms with Crippen LogP contribution in [0.1, 0.15) is 40.3 Å². The van der Waals surface area contributed by atoms with E-state index >= 15 is 0 Å². The molecule has 3 saturated heterocycles. The Morgan fingerprint density at radius 1 is 1.07 bits per heavy atom. The average molecular weight is 594 g/mol. The predicted molar refractivity (Wildman–Crippen MR) is 166 cm³/mol. The quantitative estimate of drug-likeness (QED) is 0.290. The number of piperazine rings is 1. The first-order valence-corrected chi connectivity index (χ1v) is 14.9. The Morgan fingerprint density at radius 2 is 1.86 bits per heavy atom. The smallest absolute Gasteiger partial charge is 0.271 e. The van der Waals surface area contributed by atoms with Gasteiger partial charge in [0.25, 0.3) is 5.91 Å². The van der Waals surface area contributed by atoms with E-state index in [0.717, 1.165) is 57.5 Å².